The molecule has 1 aliphatic carbocycles. The average molecular weight is 351 g/mol. The second-order valence-electron chi connectivity index (χ2n) is 7.45. The smallest absolute Gasteiger partial charge is 0.123 e. The molecule has 1 unspecified atom stereocenters. The zero-order chi connectivity index (χ0) is 14.9. The molecule has 0 N–H and O–H groups in total. The van der Waals surface area contributed by atoms with Gasteiger partial charge < -0.3 is 4.74 Å². The van der Waals surface area contributed by atoms with Crippen LogP contribution in [0.3, 0.4) is 0 Å². The Balaban J connectivity index is 1.59. The summed E-state index contributed by atoms with van der Waals surface area (Å²) in [7, 11) is 0. The summed E-state index contributed by atoms with van der Waals surface area (Å²) in [4.78, 5) is 0.494. The van der Waals surface area contributed by atoms with E-state index in [4.69, 9.17) is 4.74 Å². The Labute approximate surface area is 137 Å². The molecule has 21 heavy (non-hydrogen) atoms. The van der Waals surface area contributed by atoms with Crippen LogP contribution in [0.4, 0.5) is 0 Å². The van der Waals surface area contributed by atoms with Crippen molar-refractivity contribution in [1.82, 2.24) is 0 Å². The van der Waals surface area contributed by atoms with Crippen LogP contribution in [0.25, 0.3) is 0 Å². The van der Waals surface area contributed by atoms with E-state index < -0.39 is 0 Å². The van der Waals surface area contributed by atoms with E-state index in [2.05, 4.69) is 48.0 Å². The van der Waals surface area contributed by atoms with E-state index in [1.807, 2.05) is 0 Å². The number of halogens is 1. The third-order valence-electron chi connectivity index (χ3n) is 5.00. The van der Waals surface area contributed by atoms with Gasteiger partial charge in [-0.2, -0.15) is 0 Å². The highest BCUT2D eigenvalue weighted by molar-refractivity contribution is 9.09. The van der Waals surface area contributed by atoms with Crippen molar-refractivity contribution in [3.05, 3.63) is 29.3 Å². The fourth-order valence-corrected chi connectivity index (χ4v) is 4.40. The van der Waals surface area contributed by atoms with Gasteiger partial charge in [0.15, 0.2) is 0 Å². The quantitative estimate of drug-likeness (QED) is 0.587. The van der Waals surface area contributed by atoms with Crippen LogP contribution < -0.4 is 4.74 Å². The number of fused-ring (bicyclic) bond motifs is 1. The molecule has 1 atom stereocenters. The van der Waals surface area contributed by atoms with Crippen LogP contribution in [-0.4, -0.2) is 5.60 Å². The van der Waals surface area contributed by atoms with Crippen LogP contribution >= 0.6 is 15.9 Å². The molecule has 1 aliphatic heterocycles. The zero-order valence-corrected chi connectivity index (χ0v) is 14.9. The summed E-state index contributed by atoms with van der Waals surface area (Å²) in [5, 5.41) is 0. The van der Waals surface area contributed by atoms with Crippen molar-refractivity contribution in [2.24, 2.45) is 5.92 Å². The Kier molecular flexibility index (Phi) is 4.63. The number of alkyl halides is 1. The van der Waals surface area contributed by atoms with Gasteiger partial charge in [0.25, 0.3) is 0 Å². The first-order valence-electron chi connectivity index (χ1n) is 8.49. The second kappa shape index (κ2) is 6.32. The molecule has 0 radical (unpaired) electrons. The molecule has 1 heterocycles. The maximum Gasteiger partial charge on any atom is 0.123 e. The lowest BCUT2D eigenvalue weighted by molar-refractivity contribution is 0.138. The Morgan fingerprint density at radius 3 is 2.76 bits per heavy atom. The summed E-state index contributed by atoms with van der Waals surface area (Å²) in [5.41, 5.74) is 2.76. The monoisotopic (exact) mass is 350 g/mol. The van der Waals surface area contributed by atoms with Gasteiger partial charge in [-0.05, 0) is 49.8 Å². The predicted molar refractivity (Wildman–Crippen MR) is 92.3 cm³/mol. The van der Waals surface area contributed by atoms with Gasteiger partial charge in [-0.25, -0.2) is 0 Å². The van der Waals surface area contributed by atoms with Crippen molar-refractivity contribution in [2.75, 3.05) is 0 Å². The predicted octanol–water partition coefficient (Wildman–Crippen LogP) is 6.20. The van der Waals surface area contributed by atoms with Crippen molar-refractivity contribution < 1.29 is 4.74 Å². The summed E-state index contributed by atoms with van der Waals surface area (Å²) >= 11 is 3.91. The van der Waals surface area contributed by atoms with Crippen LogP contribution in [0.15, 0.2) is 18.2 Å². The molecule has 2 heteroatoms. The van der Waals surface area contributed by atoms with Crippen molar-refractivity contribution in [3.63, 3.8) is 0 Å². The van der Waals surface area contributed by atoms with E-state index in [9.17, 15) is 0 Å². The molecule has 0 bridgehead atoms. The summed E-state index contributed by atoms with van der Waals surface area (Å²) in [5.74, 6) is 2.05. The number of benzene rings is 1. The van der Waals surface area contributed by atoms with Crippen LogP contribution in [0.1, 0.15) is 74.7 Å². The molecular weight excluding hydrogens is 324 g/mol. The SMILES string of the molecule is CC1(C)Cc2cc(C(Br)CCC3CCCCC3)ccc2O1. The summed E-state index contributed by atoms with van der Waals surface area (Å²) < 4.78 is 5.97. The summed E-state index contributed by atoms with van der Waals surface area (Å²) in [6.45, 7) is 4.34. The van der Waals surface area contributed by atoms with Crippen molar-refractivity contribution >= 4 is 15.9 Å². The molecule has 3 rings (SSSR count). The Hall–Kier alpha value is -0.500. The minimum Gasteiger partial charge on any atom is -0.487 e. The fourth-order valence-electron chi connectivity index (χ4n) is 3.85. The minimum absolute atomic E-state index is 0.0368. The molecule has 0 aromatic heterocycles. The topological polar surface area (TPSA) is 9.23 Å². The third-order valence-corrected chi connectivity index (χ3v) is 5.99. The molecule has 1 saturated carbocycles. The molecule has 2 aliphatic rings. The number of hydrogen-bond acceptors (Lipinski definition) is 1. The van der Waals surface area contributed by atoms with Crippen molar-refractivity contribution in [2.45, 2.75) is 75.6 Å². The lowest BCUT2D eigenvalue weighted by atomic mass is 9.85. The lowest BCUT2D eigenvalue weighted by Gasteiger charge is -2.22. The third kappa shape index (κ3) is 3.83. The number of ether oxygens (including phenoxy) is 1. The summed E-state index contributed by atoms with van der Waals surface area (Å²) in [6, 6.07) is 6.75. The second-order valence-corrected chi connectivity index (χ2v) is 8.56. The molecule has 0 saturated heterocycles. The average Bonchev–Trinajstić information content (AvgIpc) is 2.78. The fraction of sp³-hybridized carbons (Fsp3) is 0.684. The highest BCUT2D eigenvalue weighted by atomic mass is 79.9. The molecule has 116 valence electrons. The van der Waals surface area contributed by atoms with Crippen LogP contribution in [0.5, 0.6) is 5.75 Å². The van der Waals surface area contributed by atoms with E-state index in [0.29, 0.717) is 4.83 Å². The van der Waals surface area contributed by atoms with Gasteiger partial charge in [-0.15, -0.1) is 0 Å². The largest absolute Gasteiger partial charge is 0.487 e. The van der Waals surface area contributed by atoms with Crippen molar-refractivity contribution in [1.29, 1.82) is 0 Å². The van der Waals surface area contributed by atoms with E-state index in [1.54, 1.807) is 0 Å². The molecule has 1 fully saturated rings. The van der Waals surface area contributed by atoms with Gasteiger partial charge in [0, 0.05) is 11.2 Å². The molecule has 1 aromatic carbocycles. The van der Waals surface area contributed by atoms with Gasteiger partial charge >= 0.3 is 0 Å². The highest BCUT2D eigenvalue weighted by Crippen LogP contribution is 2.39. The first kappa shape index (κ1) is 15.4. The first-order valence-corrected chi connectivity index (χ1v) is 9.41. The molecule has 0 amide bonds. The van der Waals surface area contributed by atoms with Gasteiger partial charge in [0.05, 0.1) is 0 Å². The van der Waals surface area contributed by atoms with Gasteiger partial charge in [0.2, 0.25) is 0 Å². The number of hydrogen-bond donors (Lipinski definition) is 0. The Bertz CT molecular complexity index is 488. The lowest BCUT2D eigenvalue weighted by Crippen LogP contribution is -2.24. The maximum absolute atomic E-state index is 5.97. The Morgan fingerprint density at radius 2 is 2.00 bits per heavy atom. The first-order chi connectivity index (χ1) is 10.0. The number of rotatable bonds is 4. The van der Waals surface area contributed by atoms with E-state index in [1.165, 1.54) is 56.1 Å². The Morgan fingerprint density at radius 1 is 1.24 bits per heavy atom. The van der Waals surface area contributed by atoms with E-state index in [0.717, 1.165) is 18.1 Å². The standard InChI is InChI=1S/C19H27BrO/c1-19(2)13-16-12-15(9-11-18(16)21-19)17(20)10-8-14-6-4-3-5-7-14/h9,11-12,14,17H,3-8,10,13H2,1-2H3. The molecule has 0 spiro atoms. The maximum atomic E-state index is 5.97. The van der Waals surface area contributed by atoms with Gasteiger partial charge in [0.1, 0.15) is 11.4 Å². The van der Waals surface area contributed by atoms with Gasteiger partial charge in [-0.1, -0.05) is 60.2 Å². The van der Waals surface area contributed by atoms with Gasteiger partial charge in [-0.3, -0.25) is 0 Å². The van der Waals surface area contributed by atoms with Crippen molar-refractivity contribution in [3.8, 4) is 5.75 Å². The molecule has 1 nitrogen and oxygen atoms in total. The zero-order valence-electron chi connectivity index (χ0n) is 13.3. The van der Waals surface area contributed by atoms with Crippen LogP contribution in [0, 0.1) is 5.92 Å². The summed E-state index contributed by atoms with van der Waals surface area (Å²) in [6.07, 6.45) is 10.9. The molecular formula is C19H27BrO. The normalized spacial score (nSPS) is 22.6. The van der Waals surface area contributed by atoms with E-state index in [-0.39, 0.29) is 5.60 Å². The van der Waals surface area contributed by atoms with Crippen LogP contribution in [0.2, 0.25) is 0 Å². The highest BCUT2D eigenvalue weighted by Gasteiger charge is 2.30. The van der Waals surface area contributed by atoms with E-state index >= 15 is 0 Å². The minimum atomic E-state index is -0.0368. The molecule has 1 aromatic rings. The van der Waals surface area contributed by atoms with Crippen LogP contribution in [-0.2, 0) is 6.42 Å².